The van der Waals surface area contributed by atoms with Crippen molar-refractivity contribution >= 4 is 62.3 Å². The van der Waals surface area contributed by atoms with Gasteiger partial charge in [0.2, 0.25) is 11.8 Å². The number of rotatable bonds is 11. The number of benzene rings is 4. The zero-order valence-corrected chi connectivity index (χ0v) is 30.6. The van der Waals surface area contributed by atoms with Gasteiger partial charge in [0.25, 0.3) is 10.0 Å². The van der Waals surface area contributed by atoms with Gasteiger partial charge < -0.3 is 10.2 Å². The molecule has 0 heterocycles. The third-order valence-corrected chi connectivity index (χ3v) is 10.3. The lowest BCUT2D eigenvalue weighted by Crippen LogP contribution is -2.56. The van der Waals surface area contributed by atoms with E-state index in [1.165, 1.54) is 35.2 Å². The first kappa shape index (κ1) is 39.0. The summed E-state index contributed by atoms with van der Waals surface area (Å²) in [6.07, 6.45) is -4.91. The Morgan fingerprint density at radius 3 is 2.06 bits per heavy atom. The Kier molecular flexibility index (Phi) is 12.2. The summed E-state index contributed by atoms with van der Waals surface area (Å²) in [6, 6.07) is 20.5. The Labute approximate surface area is 305 Å². The minimum atomic E-state index is -4.93. The summed E-state index contributed by atoms with van der Waals surface area (Å²) in [4.78, 5) is 29.5. The number of nitrogens with one attached hydrogen (secondary N) is 1. The Morgan fingerprint density at radius 1 is 0.840 bits per heavy atom. The van der Waals surface area contributed by atoms with Gasteiger partial charge in [-0.05, 0) is 81.3 Å². The predicted molar refractivity (Wildman–Crippen MR) is 191 cm³/mol. The van der Waals surface area contributed by atoms with Crippen LogP contribution in [-0.2, 0) is 38.8 Å². The van der Waals surface area contributed by atoms with Crippen LogP contribution in [0.4, 0.5) is 18.9 Å². The number of hydrogen-bond acceptors (Lipinski definition) is 4. The first-order valence-corrected chi connectivity index (χ1v) is 17.9. The van der Waals surface area contributed by atoms with E-state index in [9.17, 15) is 31.2 Å². The number of nitrogens with zero attached hydrogens (tertiary/aromatic N) is 2. The van der Waals surface area contributed by atoms with Gasteiger partial charge >= 0.3 is 6.18 Å². The number of aryl methyl sites for hydroxylation is 1. The van der Waals surface area contributed by atoms with E-state index in [-0.39, 0.29) is 22.9 Å². The number of halogens is 6. The fourth-order valence-electron chi connectivity index (χ4n) is 5.09. The van der Waals surface area contributed by atoms with E-state index in [1.807, 2.05) is 0 Å². The lowest BCUT2D eigenvalue weighted by molar-refractivity contribution is -0.140. The number of anilines is 1. The molecule has 0 bridgehead atoms. The highest BCUT2D eigenvalue weighted by atomic mass is 35.5. The molecule has 0 aliphatic carbocycles. The number of sulfonamides is 1. The Bertz CT molecular complexity index is 1950. The molecule has 4 rings (SSSR count). The molecular weight excluding hydrogens is 734 g/mol. The molecule has 0 saturated heterocycles. The molecule has 266 valence electrons. The van der Waals surface area contributed by atoms with E-state index >= 15 is 0 Å². The van der Waals surface area contributed by atoms with Gasteiger partial charge in [-0.1, -0.05) is 88.9 Å². The summed E-state index contributed by atoms with van der Waals surface area (Å²) in [5.74, 6) is -1.43. The van der Waals surface area contributed by atoms with Crippen molar-refractivity contribution in [2.24, 2.45) is 0 Å². The molecule has 0 spiro atoms. The van der Waals surface area contributed by atoms with Crippen molar-refractivity contribution in [1.82, 2.24) is 10.2 Å². The molecule has 2 amide bonds. The van der Waals surface area contributed by atoms with E-state index in [4.69, 9.17) is 34.8 Å². The third-order valence-electron chi connectivity index (χ3n) is 7.56. The summed E-state index contributed by atoms with van der Waals surface area (Å²) in [7, 11) is -4.66. The highest BCUT2D eigenvalue weighted by Crippen LogP contribution is 2.38. The van der Waals surface area contributed by atoms with Crippen molar-refractivity contribution < 1.29 is 31.2 Å². The van der Waals surface area contributed by atoms with Crippen molar-refractivity contribution in [2.75, 3.05) is 10.8 Å². The lowest BCUT2D eigenvalue weighted by atomic mass is 10.0. The monoisotopic (exact) mass is 767 g/mol. The summed E-state index contributed by atoms with van der Waals surface area (Å²) >= 11 is 18.5. The average Bonchev–Trinajstić information content (AvgIpc) is 3.02. The van der Waals surface area contributed by atoms with Crippen LogP contribution in [0.5, 0.6) is 0 Å². The molecule has 0 aliphatic rings. The van der Waals surface area contributed by atoms with Crippen molar-refractivity contribution in [1.29, 1.82) is 0 Å². The van der Waals surface area contributed by atoms with Gasteiger partial charge in [0.1, 0.15) is 12.6 Å². The van der Waals surface area contributed by atoms with Crippen LogP contribution in [0.15, 0.2) is 95.9 Å². The largest absolute Gasteiger partial charge is 0.417 e. The fourth-order valence-corrected chi connectivity index (χ4v) is 7.19. The second kappa shape index (κ2) is 15.6. The first-order valence-electron chi connectivity index (χ1n) is 15.3. The SMILES string of the molecule is Cc1ccc(S(=O)(=O)N(CC(=O)N(Cc2ccc(Cl)cc2Cl)C(Cc2ccccc2)C(=O)NC(C)(C)C)c2ccc(Cl)c(C(F)(F)F)c2)cc1. The molecule has 14 heteroatoms. The van der Waals surface area contributed by atoms with Gasteiger partial charge in [0.05, 0.1) is 21.2 Å². The van der Waals surface area contributed by atoms with Crippen LogP contribution < -0.4 is 9.62 Å². The normalized spacial score (nSPS) is 12.7. The van der Waals surface area contributed by atoms with Crippen molar-refractivity contribution in [3.8, 4) is 0 Å². The van der Waals surface area contributed by atoms with Gasteiger partial charge in [0.15, 0.2) is 0 Å². The van der Waals surface area contributed by atoms with Crippen LogP contribution in [-0.4, -0.2) is 43.3 Å². The van der Waals surface area contributed by atoms with Crippen LogP contribution in [0.3, 0.4) is 0 Å². The number of alkyl halides is 3. The maximum absolute atomic E-state index is 14.6. The summed E-state index contributed by atoms with van der Waals surface area (Å²) < 4.78 is 71.0. The molecule has 7 nitrogen and oxygen atoms in total. The summed E-state index contributed by atoms with van der Waals surface area (Å²) in [6.45, 7) is 5.79. The van der Waals surface area contributed by atoms with E-state index in [1.54, 1.807) is 70.2 Å². The van der Waals surface area contributed by atoms with Crippen LogP contribution >= 0.6 is 34.8 Å². The van der Waals surface area contributed by atoms with Gasteiger partial charge in [0, 0.05) is 28.5 Å². The highest BCUT2D eigenvalue weighted by Gasteiger charge is 2.38. The van der Waals surface area contributed by atoms with Crippen molar-refractivity contribution in [3.05, 3.63) is 128 Å². The molecular formula is C36H35Cl3F3N3O4S. The Hall–Kier alpha value is -3.77. The zero-order valence-electron chi connectivity index (χ0n) is 27.6. The van der Waals surface area contributed by atoms with Gasteiger partial charge in [-0.2, -0.15) is 13.2 Å². The van der Waals surface area contributed by atoms with Gasteiger partial charge in [-0.15, -0.1) is 0 Å². The number of carbonyl (C=O) groups is 2. The molecule has 4 aromatic carbocycles. The number of carbonyl (C=O) groups excluding carboxylic acids is 2. The molecule has 0 radical (unpaired) electrons. The van der Waals surface area contributed by atoms with Crippen LogP contribution in [0.2, 0.25) is 15.1 Å². The lowest BCUT2D eigenvalue weighted by Gasteiger charge is -2.35. The smallest absolute Gasteiger partial charge is 0.350 e. The molecule has 1 atom stereocenters. The van der Waals surface area contributed by atoms with Crippen molar-refractivity contribution in [3.63, 3.8) is 0 Å². The highest BCUT2D eigenvalue weighted by molar-refractivity contribution is 7.92. The van der Waals surface area contributed by atoms with E-state index in [0.29, 0.717) is 26.5 Å². The van der Waals surface area contributed by atoms with Gasteiger partial charge in [-0.25, -0.2) is 8.42 Å². The Balaban J connectivity index is 1.90. The minimum absolute atomic E-state index is 0.0174. The molecule has 0 aromatic heterocycles. The molecule has 4 aromatic rings. The summed E-state index contributed by atoms with van der Waals surface area (Å²) in [5, 5.41) is 2.75. The Morgan fingerprint density at radius 2 is 1.48 bits per heavy atom. The topological polar surface area (TPSA) is 86.8 Å². The minimum Gasteiger partial charge on any atom is -0.350 e. The third kappa shape index (κ3) is 9.93. The standard InChI is InChI=1S/C36H35Cl3F3N3O4S/c1-23-10-15-28(16-11-23)50(48,49)45(27-14-17-30(38)29(20-27)36(40,41)42)22-33(46)44(21-25-12-13-26(37)19-31(25)39)32(34(47)43-35(2,3)4)18-24-8-6-5-7-9-24/h5-17,19-20,32H,18,21-22H2,1-4H3,(H,43,47). The molecule has 0 saturated carbocycles. The average molecular weight is 769 g/mol. The molecule has 0 aliphatic heterocycles. The first-order chi connectivity index (χ1) is 23.3. The summed E-state index contributed by atoms with van der Waals surface area (Å²) in [5.41, 5.74) is -0.653. The fraction of sp³-hybridized carbons (Fsp3) is 0.278. The molecule has 1 unspecified atom stereocenters. The van der Waals surface area contributed by atoms with Crippen LogP contribution in [0.1, 0.15) is 43.0 Å². The number of amides is 2. The molecule has 0 fully saturated rings. The number of hydrogen-bond donors (Lipinski definition) is 1. The van der Waals surface area contributed by atoms with Crippen LogP contribution in [0, 0.1) is 6.92 Å². The zero-order chi connectivity index (χ0) is 37.0. The van der Waals surface area contributed by atoms with Gasteiger partial charge in [-0.3, -0.25) is 13.9 Å². The second-order valence-corrected chi connectivity index (χ2v) is 15.8. The van der Waals surface area contributed by atoms with E-state index in [2.05, 4.69) is 5.32 Å². The quantitative estimate of drug-likeness (QED) is 0.166. The predicted octanol–water partition coefficient (Wildman–Crippen LogP) is 8.72. The second-order valence-electron chi connectivity index (χ2n) is 12.7. The maximum atomic E-state index is 14.6. The maximum Gasteiger partial charge on any atom is 0.417 e. The molecule has 1 N–H and O–H groups in total. The van der Waals surface area contributed by atoms with Crippen molar-refractivity contribution in [2.45, 2.75) is 63.3 Å². The van der Waals surface area contributed by atoms with E-state index in [0.717, 1.165) is 17.7 Å². The molecule has 50 heavy (non-hydrogen) atoms. The van der Waals surface area contributed by atoms with E-state index < -0.39 is 62.4 Å². The van der Waals surface area contributed by atoms with Crippen LogP contribution in [0.25, 0.3) is 0 Å².